The number of hydrogen-bond donors (Lipinski definition) is 1. The van der Waals surface area contributed by atoms with Crippen LogP contribution in [0.15, 0.2) is 30.7 Å². The number of amides is 1. The minimum atomic E-state index is -0.474. The minimum absolute atomic E-state index is 0.107. The van der Waals surface area contributed by atoms with Gasteiger partial charge in [-0.15, -0.1) is 5.10 Å². The van der Waals surface area contributed by atoms with Crippen molar-refractivity contribution >= 4 is 35.1 Å². The van der Waals surface area contributed by atoms with E-state index in [9.17, 15) is 9.18 Å². The van der Waals surface area contributed by atoms with Gasteiger partial charge in [-0.25, -0.2) is 14.1 Å². The lowest BCUT2D eigenvalue weighted by atomic mass is 10.2. The van der Waals surface area contributed by atoms with E-state index in [0.29, 0.717) is 5.56 Å². The maximum absolute atomic E-state index is 13.0. The average Bonchev–Trinajstić information content (AvgIpc) is 3.08. The second kappa shape index (κ2) is 6.58. The van der Waals surface area contributed by atoms with Crippen LogP contribution in [0, 0.1) is 5.82 Å². The molecule has 0 atom stereocenters. The lowest BCUT2D eigenvalue weighted by Gasteiger charge is -2.04. The Bertz CT molecular complexity index is 887. The van der Waals surface area contributed by atoms with Gasteiger partial charge in [-0.2, -0.15) is 5.10 Å². The summed E-state index contributed by atoms with van der Waals surface area (Å²) in [6.45, 7) is 0.286. The first-order valence-corrected chi connectivity index (χ1v) is 7.52. The molecule has 10 heteroatoms. The Morgan fingerprint density at radius 1 is 1.33 bits per heavy atom. The van der Waals surface area contributed by atoms with Crippen LogP contribution in [0.5, 0.6) is 0 Å². The van der Waals surface area contributed by atoms with Crippen molar-refractivity contribution in [2.75, 3.05) is 5.32 Å². The molecule has 3 rings (SSSR count). The first-order chi connectivity index (χ1) is 11.4. The highest BCUT2D eigenvalue weighted by atomic mass is 35.5. The van der Waals surface area contributed by atoms with Gasteiger partial charge >= 0.3 is 0 Å². The van der Waals surface area contributed by atoms with E-state index < -0.39 is 11.7 Å². The minimum Gasteiger partial charge on any atom is -0.288 e. The molecule has 0 saturated carbocycles. The fraction of sp³-hybridized carbons (Fsp3) is 0.143. The smallest absolute Gasteiger partial charge is 0.277 e. The molecule has 24 heavy (non-hydrogen) atoms. The van der Waals surface area contributed by atoms with Gasteiger partial charge in [-0.1, -0.05) is 29.3 Å². The van der Waals surface area contributed by atoms with Crippen molar-refractivity contribution in [3.63, 3.8) is 0 Å². The molecule has 3 aromatic rings. The molecule has 0 fully saturated rings. The number of hydrogen-bond acceptors (Lipinski definition) is 4. The van der Waals surface area contributed by atoms with Crippen LogP contribution >= 0.6 is 23.2 Å². The van der Waals surface area contributed by atoms with Gasteiger partial charge in [0.25, 0.3) is 5.91 Å². The van der Waals surface area contributed by atoms with Gasteiger partial charge in [0, 0.05) is 12.1 Å². The van der Waals surface area contributed by atoms with Crippen molar-refractivity contribution in [1.82, 2.24) is 24.5 Å². The average molecular weight is 369 g/mol. The van der Waals surface area contributed by atoms with Crippen molar-refractivity contribution in [3.8, 4) is 0 Å². The van der Waals surface area contributed by atoms with Gasteiger partial charge in [0.05, 0.1) is 17.8 Å². The van der Waals surface area contributed by atoms with Crippen LogP contribution in [0.3, 0.4) is 0 Å². The predicted octanol–water partition coefficient (Wildman–Crippen LogP) is 2.76. The van der Waals surface area contributed by atoms with Gasteiger partial charge in [0.1, 0.15) is 17.8 Å². The van der Waals surface area contributed by atoms with Crippen LogP contribution in [-0.4, -0.2) is 30.5 Å². The van der Waals surface area contributed by atoms with Crippen LogP contribution in [0.25, 0.3) is 0 Å². The first kappa shape index (κ1) is 16.4. The molecular weight excluding hydrogens is 358 g/mol. The zero-order chi connectivity index (χ0) is 17.3. The van der Waals surface area contributed by atoms with E-state index >= 15 is 0 Å². The lowest BCUT2D eigenvalue weighted by molar-refractivity contribution is 0.101. The van der Waals surface area contributed by atoms with Crippen LogP contribution in [-0.2, 0) is 13.6 Å². The molecule has 124 valence electrons. The van der Waals surface area contributed by atoms with E-state index in [2.05, 4.69) is 20.5 Å². The highest BCUT2D eigenvalue weighted by Crippen LogP contribution is 2.18. The molecule has 0 aliphatic heterocycles. The summed E-state index contributed by atoms with van der Waals surface area (Å²) in [5, 5.41) is 11.1. The van der Waals surface area contributed by atoms with Crippen molar-refractivity contribution in [2.24, 2.45) is 7.05 Å². The third kappa shape index (κ3) is 3.39. The Hall–Kier alpha value is -2.45. The number of nitrogens with zero attached hydrogens (tertiary/aromatic N) is 5. The Labute approximate surface area is 146 Å². The standard InChI is InChI=1S/C14H11Cl2FN6O/c1-22-12(11(16)5-19-22)13(24)20-14-18-7-23(21-14)6-8-2-3-9(17)4-10(8)15/h2-5,7H,6H2,1H3,(H,20,21,24). The molecule has 0 spiro atoms. The van der Waals surface area contributed by atoms with Crippen LogP contribution in [0.1, 0.15) is 16.1 Å². The topological polar surface area (TPSA) is 77.6 Å². The summed E-state index contributed by atoms with van der Waals surface area (Å²) in [7, 11) is 1.60. The van der Waals surface area contributed by atoms with E-state index in [1.165, 1.54) is 34.0 Å². The van der Waals surface area contributed by atoms with Crippen molar-refractivity contribution in [1.29, 1.82) is 0 Å². The molecule has 0 bridgehead atoms. The van der Waals surface area contributed by atoms with Gasteiger partial charge in [0.2, 0.25) is 5.95 Å². The summed E-state index contributed by atoms with van der Waals surface area (Å²) in [6, 6.07) is 4.10. The van der Waals surface area contributed by atoms with E-state index in [-0.39, 0.29) is 28.2 Å². The van der Waals surface area contributed by atoms with Crippen LogP contribution in [0.2, 0.25) is 10.0 Å². The Kier molecular flexibility index (Phi) is 4.50. The number of rotatable bonds is 4. The quantitative estimate of drug-likeness (QED) is 0.767. The highest BCUT2D eigenvalue weighted by molar-refractivity contribution is 6.34. The van der Waals surface area contributed by atoms with Crippen LogP contribution < -0.4 is 5.32 Å². The maximum atomic E-state index is 13.0. The van der Waals surface area contributed by atoms with E-state index in [0.717, 1.165) is 0 Å². The molecule has 0 aliphatic rings. The number of halogens is 3. The number of aryl methyl sites for hydroxylation is 1. The van der Waals surface area contributed by atoms with Gasteiger partial charge in [-0.3, -0.25) is 14.8 Å². The molecule has 2 heterocycles. The van der Waals surface area contributed by atoms with Gasteiger partial charge < -0.3 is 0 Å². The third-order valence-corrected chi connectivity index (χ3v) is 3.85. The van der Waals surface area contributed by atoms with Crippen molar-refractivity contribution < 1.29 is 9.18 Å². The van der Waals surface area contributed by atoms with Crippen molar-refractivity contribution in [2.45, 2.75) is 6.54 Å². The van der Waals surface area contributed by atoms with Crippen molar-refractivity contribution in [3.05, 3.63) is 57.8 Å². The summed E-state index contributed by atoms with van der Waals surface area (Å²) >= 11 is 11.9. The normalized spacial score (nSPS) is 10.8. The summed E-state index contributed by atoms with van der Waals surface area (Å²) in [4.78, 5) is 16.2. The zero-order valence-corrected chi connectivity index (χ0v) is 13.9. The number of carbonyl (C=O) groups excluding carboxylic acids is 1. The number of anilines is 1. The lowest BCUT2D eigenvalue weighted by Crippen LogP contribution is -2.17. The summed E-state index contributed by atoms with van der Waals surface area (Å²) in [5.41, 5.74) is 0.880. The Morgan fingerprint density at radius 2 is 2.12 bits per heavy atom. The highest BCUT2D eigenvalue weighted by Gasteiger charge is 2.17. The Balaban J connectivity index is 1.73. The van der Waals surface area contributed by atoms with E-state index in [4.69, 9.17) is 23.2 Å². The predicted molar refractivity (Wildman–Crippen MR) is 86.7 cm³/mol. The zero-order valence-electron chi connectivity index (χ0n) is 12.4. The molecule has 7 nitrogen and oxygen atoms in total. The molecule has 0 radical (unpaired) electrons. The van der Waals surface area contributed by atoms with Crippen LogP contribution in [0.4, 0.5) is 10.3 Å². The van der Waals surface area contributed by atoms with Gasteiger partial charge in [0.15, 0.2) is 0 Å². The molecule has 0 aliphatic carbocycles. The largest absolute Gasteiger partial charge is 0.288 e. The second-order valence-corrected chi connectivity index (χ2v) is 5.73. The molecule has 0 unspecified atom stereocenters. The SMILES string of the molecule is Cn1ncc(Cl)c1C(=O)Nc1ncn(Cc2ccc(F)cc2Cl)n1. The summed E-state index contributed by atoms with van der Waals surface area (Å²) in [6.07, 6.45) is 2.80. The number of carbonyl (C=O) groups is 1. The Morgan fingerprint density at radius 3 is 2.79 bits per heavy atom. The summed E-state index contributed by atoms with van der Waals surface area (Å²) < 4.78 is 15.9. The second-order valence-electron chi connectivity index (χ2n) is 4.92. The van der Waals surface area contributed by atoms with E-state index in [1.807, 2.05) is 0 Å². The molecule has 1 amide bonds. The fourth-order valence-corrected chi connectivity index (χ4v) is 2.56. The van der Waals surface area contributed by atoms with Gasteiger partial charge in [-0.05, 0) is 17.7 Å². The molecule has 1 N–H and O–H groups in total. The monoisotopic (exact) mass is 368 g/mol. The molecule has 2 aromatic heterocycles. The van der Waals surface area contributed by atoms with E-state index in [1.54, 1.807) is 13.1 Å². The number of aromatic nitrogens is 5. The number of nitrogens with one attached hydrogen (secondary N) is 1. The molecule has 0 saturated heterocycles. The third-order valence-electron chi connectivity index (χ3n) is 3.22. The summed E-state index contributed by atoms with van der Waals surface area (Å²) in [5.74, 6) is -0.781. The first-order valence-electron chi connectivity index (χ1n) is 6.76. The fourth-order valence-electron chi connectivity index (χ4n) is 2.08. The molecule has 1 aromatic carbocycles. The maximum Gasteiger partial charge on any atom is 0.277 e. The number of benzene rings is 1. The molecular formula is C14H11Cl2FN6O.